The maximum absolute atomic E-state index is 6.02. The van der Waals surface area contributed by atoms with E-state index in [1.807, 2.05) is 6.92 Å². The second-order valence-corrected chi connectivity index (χ2v) is 6.94. The van der Waals surface area contributed by atoms with Gasteiger partial charge >= 0.3 is 0 Å². The first-order valence-electron chi connectivity index (χ1n) is 9.29. The van der Waals surface area contributed by atoms with Gasteiger partial charge in [0.1, 0.15) is 11.6 Å². The summed E-state index contributed by atoms with van der Waals surface area (Å²) in [5.41, 5.74) is 14.9. The molecule has 1 aliphatic rings. The van der Waals surface area contributed by atoms with Crippen LogP contribution in [0.5, 0.6) is 5.75 Å². The molecule has 3 aromatic rings. The van der Waals surface area contributed by atoms with E-state index in [9.17, 15) is 0 Å². The molecule has 4 rings (SSSR count). The average molecular weight is 351 g/mol. The van der Waals surface area contributed by atoms with Gasteiger partial charge in [-0.3, -0.25) is 0 Å². The molecule has 6 nitrogen and oxygen atoms in total. The van der Waals surface area contributed by atoms with Gasteiger partial charge in [-0.1, -0.05) is 12.8 Å². The minimum Gasteiger partial charge on any atom is -0.493 e. The van der Waals surface area contributed by atoms with Crippen molar-refractivity contribution in [2.24, 2.45) is 0 Å². The van der Waals surface area contributed by atoms with Crippen LogP contribution in [0.3, 0.4) is 0 Å². The summed E-state index contributed by atoms with van der Waals surface area (Å²) in [5, 5.41) is 1.17. The highest BCUT2D eigenvalue weighted by Crippen LogP contribution is 2.36. The number of nitrogen functional groups attached to an aromatic ring is 2. The van der Waals surface area contributed by atoms with Crippen molar-refractivity contribution in [3.8, 4) is 5.75 Å². The Balaban J connectivity index is 1.77. The number of nitrogens with zero attached hydrogens (tertiary/aromatic N) is 3. The van der Waals surface area contributed by atoms with E-state index >= 15 is 0 Å². The van der Waals surface area contributed by atoms with Gasteiger partial charge in [-0.25, -0.2) is 4.98 Å². The summed E-state index contributed by atoms with van der Waals surface area (Å²) in [6.45, 7) is 2.65. The number of rotatable bonds is 5. The Labute approximate surface area is 153 Å². The molecule has 0 radical (unpaired) electrons. The molecule has 0 atom stereocenters. The highest BCUT2D eigenvalue weighted by atomic mass is 16.5. The number of fused-ring (bicyclic) bond motifs is 1. The SMILES string of the molecule is CCOc1cc(Cc2cnc(N)nc2N)cc2c1ccn2C1CCCC1. The second kappa shape index (κ2) is 6.86. The van der Waals surface area contributed by atoms with Crippen LogP contribution in [0.1, 0.15) is 49.8 Å². The van der Waals surface area contributed by atoms with Gasteiger partial charge in [0, 0.05) is 35.8 Å². The van der Waals surface area contributed by atoms with Crippen LogP contribution >= 0.6 is 0 Å². The van der Waals surface area contributed by atoms with Crippen LogP contribution in [0, 0.1) is 0 Å². The summed E-state index contributed by atoms with van der Waals surface area (Å²) in [5.74, 6) is 1.56. The lowest BCUT2D eigenvalue weighted by atomic mass is 10.0. The van der Waals surface area contributed by atoms with Crippen molar-refractivity contribution in [3.05, 3.63) is 41.7 Å². The molecule has 0 bridgehead atoms. The summed E-state index contributed by atoms with van der Waals surface area (Å²) in [4.78, 5) is 8.15. The molecule has 1 saturated carbocycles. The normalized spacial score (nSPS) is 15.0. The number of aromatic nitrogens is 3. The lowest BCUT2D eigenvalue weighted by Gasteiger charge is -2.16. The van der Waals surface area contributed by atoms with E-state index < -0.39 is 0 Å². The van der Waals surface area contributed by atoms with Gasteiger partial charge in [0.05, 0.1) is 12.1 Å². The molecular weight excluding hydrogens is 326 g/mol. The average Bonchev–Trinajstić information content (AvgIpc) is 3.27. The molecule has 4 N–H and O–H groups in total. The standard InChI is InChI=1S/C20H25N5O/c1-2-26-18-11-13(9-14-12-23-20(22)24-19(14)21)10-17-16(18)7-8-25(17)15-5-3-4-6-15/h7-8,10-12,15H,2-6,9H2,1H3,(H4,21,22,23,24). The number of nitrogens with two attached hydrogens (primary N) is 2. The van der Waals surface area contributed by atoms with E-state index in [0.717, 1.165) is 16.9 Å². The molecule has 0 spiro atoms. The van der Waals surface area contributed by atoms with E-state index in [1.165, 1.54) is 36.6 Å². The van der Waals surface area contributed by atoms with Crippen LogP contribution in [-0.2, 0) is 6.42 Å². The maximum Gasteiger partial charge on any atom is 0.221 e. The molecule has 136 valence electrons. The lowest BCUT2D eigenvalue weighted by molar-refractivity contribution is 0.344. The van der Waals surface area contributed by atoms with E-state index in [1.54, 1.807) is 6.20 Å². The van der Waals surface area contributed by atoms with E-state index in [2.05, 4.69) is 38.9 Å². The van der Waals surface area contributed by atoms with Crippen molar-refractivity contribution < 1.29 is 4.74 Å². The third kappa shape index (κ3) is 3.07. The zero-order chi connectivity index (χ0) is 18.1. The Morgan fingerprint density at radius 3 is 2.77 bits per heavy atom. The third-order valence-electron chi connectivity index (χ3n) is 5.19. The maximum atomic E-state index is 6.02. The van der Waals surface area contributed by atoms with Gasteiger partial charge in [-0.15, -0.1) is 0 Å². The molecule has 1 fully saturated rings. The molecule has 2 heterocycles. The molecule has 1 aromatic carbocycles. The molecule has 2 aromatic heterocycles. The number of hydrogen-bond donors (Lipinski definition) is 2. The van der Waals surface area contributed by atoms with Crippen molar-refractivity contribution >= 4 is 22.7 Å². The zero-order valence-electron chi connectivity index (χ0n) is 15.1. The van der Waals surface area contributed by atoms with Crippen molar-refractivity contribution in [2.75, 3.05) is 18.1 Å². The fourth-order valence-electron chi connectivity index (χ4n) is 3.95. The van der Waals surface area contributed by atoms with Gasteiger partial charge in [0.25, 0.3) is 0 Å². The number of benzene rings is 1. The van der Waals surface area contributed by atoms with Crippen LogP contribution in [0.15, 0.2) is 30.6 Å². The van der Waals surface area contributed by atoms with Crippen molar-refractivity contribution in [1.29, 1.82) is 0 Å². The summed E-state index contributed by atoms with van der Waals surface area (Å²) < 4.78 is 8.34. The summed E-state index contributed by atoms with van der Waals surface area (Å²) in [6, 6.07) is 7.09. The van der Waals surface area contributed by atoms with Crippen LogP contribution < -0.4 is 16.2 Å². The van der Waals surface area contributed by atoms with Crippen molar-refractivity contribution in [3.63, 3.8) is 0 Å². The minimum atomic E-state index is 0.201. The Morgan fingerprint density at radius 2 is 2.04 bits per heavy atom. The summed E-state index contributed by atoms with van der Waals surface area (Å²) >= 11 is 0. The highest BCUT2D eigenvalue weighted by Gasteiger charge is 2.20. The Hall–Kier alpha value is -2.76. The highest BCUT2D eigenvalue weighted by molar-refractivity contribution is 5.87. The smallest absolute Gasteiger partial charge is 0.221 e. The first kappa shape index (κ1) is 16.7. The molecule has 0 aliphatic heterocycles. The van der Waals surface area contributed by atoms with E-state index in [0.29, 0.717) is 24.9 Å². The number of hydrogen-bond acceptors (Lipinski definition) is 5. The van der Waals surface area contributed by atoms with Crippen molar-refractivity contribution in [1.82, 2.24) is 14.5 Å². The van der Waals surface area contributed by atoms with Crippen molar-refractivity contribution in [2.45, 2.75) is 45.1 Å². The molecule has 0 amide bonds. The first-order chi connectivity index (χ1) is 12.7. The monoisotopic (exact) mass is 351 g/mol. The quantitative estimate of drug-likeness (QED) is 0.731. The minimum absolute atomic E-state index is 0.201. The number of ether oxygens (including phenoxy) is 1. The van der Waals surface area contributed by atoms with Crippen LogP contribution in [0.25, 0.3) is 10.9 Å². The Morgan fingerprint density at radius 1 is 1.23 bits per heavy atom. The largest absolute Gasteiger partial charge is 0.493 e. The first-order valence-corrected chi connectivity index (χ1v) is 9.29. The van der Waals surface area contributed by atoms with Crippen LogP contribution in [0.4, 0.5) is 11.8 Å². The fourth-order valence-corrected chi connectivity index (χ4v) is 3.95. The molecule has 26 heavy (non-hydrogen) atoms. The van der Waals surface area contributed by atoms with Gasteiger partial charge < -0.3 is 20.8 Å². The molecule has 1 aliphatic carbocycles. The topological polar surface area (TPSA) is 92.0 Å². The van der Waals surface area contributed by atoms with Gasteiger partial charge in [-0.2, -0.15) is 4.98 Å². The Bertz CT molecular complexity index is 927. The zero-order valence-corrected chi connectivity index (χ0v) is 15.1. The lowest BCUT2D eigenvalue weighted by Crippen LogP contribution is -2.05. The van der Waals surface area contributed by atoms with Crippen LogP contribution in [0.2, 0.25) is 0 Å². The van der Waals surface area contributed by atoms with E-state index in [4.69, 9.17) is 16.2 Å². The molecule has 0 unspecified atom stereocenters. The summed E-state index contributed by atoms with van der Waals surface area (Å²) in [6.07, 6.45) is 9.67. The predicted octanol–water partition coefficient (Wildman–Crippen LogP) is 3.70. The fraction of sp³-hybridized carbons (Fsp3) is 0.400. The van der Waals surface area contributed by atoms with E-state index in [-0.39, 0.29) is 5.95 Å². The predicted molar refractivity (Wildman–Crippen MR) is 104 cm³/mol. The third-order valence-corrected chi connectivity index (χ3v) is 5.19. The Kier molecular flexibility index (Phi) is 4.41. The molecule has 6 heteroatoms. The van der Waals surface area contributed by atoms with Crippen LogP contribution in [-0.4, -0.2) is 21.1 Å². The van der Waals surface area contributed by atoms with Gasteiger partial charge in [0.15, 0.2) is 0 Å². The number of anilines is 2. The van der Waals surface area contributed by atoms with Gasteiger partial charge in [0.2, 0.25) is 5.95 Å². The molecular formula is C20H25N5O. The second-order valence-electron chi connectivity index (χ2n) is 6.94. The summed E-state index contributed by atoms with van der Waals surface area (Å²) in [7, 11) is 0. The molecule has 0 saturated heterocycles. The van der Waals surface area contributed by atoms with Gasteiger partial charge in [-0.05, 0) is 43.5 Å².